The van der Waals surface area contributed by atoms with E-state index in [0.717, 1.165) is 60.0 Å². The second-order valence-corrected chi connectivity index (χ2v) is 7.60. The predicted octanol–water partition coefficient (Wildman–Crippen LogP) is 4.17. The van der Waals surface area contributed by atoms with Gasteiger partial charge in [0, 0.05) is 24.4 Å². The molecule has 1 aromatic carbocycles. The van der Waals surface area contributed by atoms with Gasteiger partial charge < -0.3 is 9.84 Å². The van der Waals surface area contributed by atoms with Gasteiger partial charge in [0.15, 0.2) is 5.82 Å². The molecule has 1 fully saturated rings. The smallest absolute Gasteiger partial charge is 0.151 e. The average Bonchev–Trinajstić information content (AvgIpc) is 3.25. The summed E-state index contributed by atoms with van der Waals surface area (Å²) >= 11 is 0. The number of aromatic nitrogens is 4. The van der Waals surface area contributed by atoms with Gasteiger partial charge in [-0.1, -0.05) is 5.16 Å². The second-order valence-electron chi connectivity index (χ2n) is 7.60. The van der Waals surface area contributed by atoms with Crippen LogP contribution in [0.4, 0.5) is 4.39 Å². The summed E-state index contributed by atoms with van der Waals surface area (Å²) in [6.45, 7) is 3.20. The molecule has 6 nitrogen and oxygen atoms in total. The minimum atomic E-state index is -0.211. The molecule has 3 heterocycles. The monoisotopic (exact) mass is 403 g/mol. The average molecular weight is 404 g/mol. The normalized spacial score (nSPS) is 21.4. The third kappa shape index (κ3) is 3.33. The molecule has 1 aliphatic carbocycles. The zero-order valence-electron chi connectivity index (χ0n) is 15.7. The number of hydrogen-bond acceptors (Lipinski definition) is 5. The zero-order valence-corrected chi connectivity index (χ0v) is 16.5. The third-order valence-electron chi connectivity index (χ3n) is 5.79. The highest BCUT2D eigenvalue weighted by molar-refractivity contribution is 5.85. The van der Waals surface area contributed by atoms with Gasteiger partial charge in [0.1, 0.15) is 17.4 Å². The second kappa shape index (κ2) is 7.64. The molecule has 3 aromatic rings. The van der Waals surface area contributed by atoms with Crippen molar-refractivity contribution in [3.63, 3.8) is 0 Å². The number of rotatable bonds is 2. The largest absolute Gasteiger partial charge is 0.361 e. The molecular weight excluding hydrogens is 381 g/mol. The summed E-state index contributed by atoms with van der Waals surface area (Å²) in [6.07, 6.45) is 4.21. The lowest BCUT2D eigenvalue weighted by molar-refractivity contribution is 0.347. The van der Waals surface area contributed by atoms with Crippen LogP contribution in [0.3, 0.4) is 0 Å². The van der Waals surface area contributed by atoms with Crippen molar-refractivity contribution in [2.45, 2.75) is 57.5 Å². The first kappa shape index (κ1) is 19.1. The van der Waals surface area contributed by atoms with Crippen LogP contribution in [0.1, 0.15) is 66.2 Å². The molecule has 28 heavy (non-hydrogen) atoms. The Bertz CT molecular complexity index is 977. The van der Waals surface area contributed by atoms with E-state index < -0.39 is 0 Å². The van der Waals surface area contributed by atoms with Crippen molar-refractivity contribution in [3.8, 4) is 5.69 Å². The van der Waals surface area contributed by atoms with Crippen molar-refractivity contribution in [2.24, 2.45) is 0 Å². The molecule has 0 saturated heterocycles. The van der Waals surface area contributed by atoms with Crippen LogP contribution in [0.2, 0.25) is 0 Å². The van der Waals surface area contributed by atoms with Gasteiger partial charge in [-0.15, -0.1) is 22.6 Å². The van der Waals surface area contributed by atoms with Crippen molar-refractivity contribution in [1.29, 1.82) is 0 Å². The molecule has 8 heteroatoms. The fourth-order valence-electron chi connectivity index (χ4n) is 4.42. The quantitative estimate of drug-likeness (QED) is 0.695. The Labute approximate surface area is 168 Å². The highest BCUT2D eigenvalue weighted by atomic mass is 35.5. The molecule has 0 bridgehead atoms. The first-order valence-electron chi connectivity index (χ1n) is 9.56. The number of benzene rings is 1. The van der Waals surface area contributed by atoms with E-state index in [0.29, 0.717) is 24.9 Å². The standard InChI is InChI=1S/C20H22FN5O.ClH/c1-12-8-17(25-27-12)13-2-4-14(5-3-13)20-24-23-19-11-22-10-15-9-16(21)6-7-18(15)26(19)20;/h6-9,13-14,22H,2-5,10-11H2,1H3;1H/t13-,14-;. The molecule has 0 spiro atoms. The van der Waals surface area contributed by atoms with Crippen molar-refractivity contribution >= 4 is 12.4 Å². The summed E-state index contributed by atoms with van der Waals surface area (Å²) in [5, 5.41) is 16.5. The molecule has 2 aliphatic rings. The number of aryl methyl sites for hydroxylation is 1. The lowest BCUT2D eigenvalue weighted by atomic mass is 9.80. The fraction of sp³-hybridized carbons (Fsp3) is 0.450. The van der Waals surface area contributed by atoms with Gasteiger partial charge in [0.2, 0.25) is 0 Å². The lowest BCUT2D eigenvalue weighted by Gasteiger charge is -2.27. The van der Waals surface area contributed by atoms with E-state index in [2.05, 4.69) is 25.2 Å². The summed E-state index contributed by atoms with van der Waals surface area (Å²) in [5.41, 5.74) is 3.00. The Hall–Kier alpha value is -2.25. The Balaban J connectivity index is 0.00000192. The molecular formula is C20H23ClFN5O. The summed E-state index contributed by atoms with van der Waals surface area (Å²) in [5.74, 6) is 3.35. The fourth-order valence-corrected chi connectivity index (χ4v) is 4.42. The molecule has 0 atom stereocenters. The Kier molecular flexibility index (Phi) is 5.21. The molecule has 1 N–H and O–H groups in total. The van der Waals surface area contributed by atoms with Crippen LogP contribution in [0.25, 0.3) is 5.69 Å². The third-order valence-corrected chi connectivity index (χ3v) is 5.79. The first-order valence-corrected chi connectivity index (χ1v) is 9.56. The van der Waals surface area contributed by atoms with Crippen LogP contribution in [-0.2, 0) is 13.1 Å². The topological polar surface area (TPSA) is 68.8 Å². The molecule has 5 rings (SSSR count). The van der Waals surface area contributed by atoms with Crippen molar-refractivity contribution in [2.75, 3.05) is 0 Å². The summed E-state index contributed by atoms with van der Waals surface area (Å²) < 4.78 is 21.1. The Morgan fingerprint density at radius 2 is 1.86 bits per heavy atom. The summed E-state index contributed by atoms with van der Waals surface area (Å²) in [7, 11) is 0. The van der Waals surface area contributed by atoms with E-state index in [4.69, 9.17) is 4.52 Å². The van der Waals surface area contributed by atoms with Gasteiger partial charge in [-0.05, 0) is 56.4 Å². The number of nitrogens with zero attached hydrogens (tertiary/aromatic N) is 4. The number of hydrogen-bond donors (Lipinski definition) is 1. The maximum Gasteiger partial charge on any atom is 0.151 e. The number of halogens is 2. The number of nitrogens with one attached hydrogen (secondary N) is 1. The van der Waals surface area contributed by atoms with Crippen molar-refractivity contribution in [1.82, 2.24) is 25.2 Å². The van der Waals surface area contributed by atoms with E-state index in [1.165, 1.54) is 6.07 Å². The minimum absolute atomic E-state index is 0. The summed E-state index contributed by atoms with van der Waals surface area (Å²) in [6, 6.07) is 7.01. The summed E-state index contributed by atoms with van der Waals surface area (Å²) in [4.78, 5) is 0. The van der Waals surface area contributed by atoms with Gasteiger partial charge in [-0.2, -0.15) is 0 Å². The predicted molar refractivity (Wildman–Crippen MR) is 104 cm³/mol. The first-order chi connectivity index (χ1) is 13.2. The van der Waals surface area contributed by atoms with Gasteiger partial charge in [0.25, 0.3) is 0 Å². The molecule has 0 radical (unpaired) electrons. The maximum absolute atomic E-state index is 13.7. The molecule has 148 valence electrons. The van der Waals surface area contributed by atoms with Gasteiger partial charge in [-0.25, -0.2) is 4.39 Å². The van der Waals surface area contributed by atoms with E-state index in [1.807, 2.05) is 19.1 Å². The van der Waals surface area contributed by atoms with Crippen LogP contribution in [0.5, 0.6) is 0 Å². The lowest BCUT2D eigenvalue weighted by Crippen LogP contribution is -2.17. The maximum atomic E-state index is 13.7. The van der Waals surface area contributed by atoms with Crippen LogP contribution in [-0.4, -0.2) is 19.9 Å². The molecule has 1 saturated carbocycles. The van der Waals surface area contributed by atoms with Gasteiger partial charge in [-0.3, -0.25) is 4.57 Å². The van der Waals surface area contributed by atoms with Gasteiger partial charge >= 0.3 is 0 Å². The van der Waals surface area contributed by atoms with Crippen molar-refractivity contribution < 1.29 is 8.91 Å². The SMILES string of the molecule is Cc1cc([C@H]2CC[C@H](c3nnc4n3-c3ccc(F)cc3CNC4)CC2)no1.Cl. The highest BCUT2D eigenvalue weighted by Gasteiger charge is 2.30. The Morgan fingerprint density at radius 1 is 1.07 bits per heavy atom. The zero-order chi connectivity index (χ0) is 18.4. The van der Waals surface area contributed by atoms with Gasteiger partial charge in [0.05, 0.1) is 17.9 Å². The van der Waals surface area contributed by atoms with Crippen LogP contribution in [0, 0.1) is 12.7 Å². The highest BCUT2D eigenvalue weighted by Crippen LogP contribution is 2.40. The van der Waals surface area contributed by atoms with E-state index in [1.54, 1.807) is 6.07 Å². The van der Waals surface area contributed by atoms with E-state index in [9.17, 15) is 4.39 Å². The van der Waals surface area contributed by atoms with Crippen LogP contribution >= 0.6 is 12.4 Å². The van der Waals surface area contributed by atoms with Crippen molar-refractivity contribution in [3.05, 3.63) is 58.7 Å². The Morgan fingerprint density at radius 3 is 2.61 bits per heavy atom. The minimum Gasteiger partial charge on any atom is -0.361 e. The molecule has 0 amide bonds. The molecule has 1 aliphatic heterocycles. The number of fused-ring (bicyclic) bond motifs is 3. The van der Waals surface area contributed by atoms with E-state index in [-0.39, 0.29) is 18.2 Å². The van der Waals surface area contributed by atoms with E-state index >= 15 is 0 Å². The molecule has 0 unspecified atom stereocenters. The molecule has 2 aromatic heterocycles. The van der Waals surface area contributed by atoms with Crippen LogP contribution < -0.4 is 5.32 Å². The van der Waals surface area contributed by atoms with Crippen LogP contribution in [0.15, 0.2) is 28.8 Å².